The first-order valence-electron chi connectivity index (χ1n) is 20.7. The van der Waals surface area contributed by atoms with Crippen molar-refractivity contribution in [2.45, 2.75) is 58.3 Å². The quantitative estimate of drug-likeness (QED) is 0.127. The number of aromatic nitrogens is 4. The summed E-state index contributed by atoms with van der Waals surface area (Å²) in [4.78, 5) is 60.3. The molecule has 3 N–H and O–H groups in total. The molecule has 2 saturated heterocycles. The summed E-state index contributed by atoms with van der Waals surface area (Å²) in [6.07, 6.45) is 4.43. The molecule has 0 aliphatic carbocycles. The Morgan fingerprint density at radius 1 is 0.933 bits per heavy atom. The number of hydrogen-bond donors (Lipinski definition) is 3. The summed E-state index contributed by atoms with van der Waals surface area (Å²) in [6, 6.07) is 23.3. The van der Waals surface area contributed by atoms with Crippen LogP contribution in [0.1, 0.15) is 68.5 Å². The lowest BCUT2D eigenvalue weighted by atomic mass is 9.92. The number of likely N-dealkylation sites (tertiary alicyclic amines) is 2. The zero-order valence-corrected chi connectivity index (χ0v) is 34.5. The second-order valence-electron chi connectivity index (χ2n) is 16.8. The van der Waals surface area contributed by atoms with Crippen molar-refractivity contribution in [3.63, 3.8) is 0 Å². The number of aromatic amines is 2. The van der Waals surface area contributed by atoms with Gasteiger partial charge in [-0.3, -0.25) is 9.59 Å². The molecule has 0 saturated carbocycles. The Bertz CT molecular complexity index is 2580. The van der Waals surface area contributed by atoms with E-state index in [1.807, 2.05) is 66.2 Å². The van der Waals surface area contributed by atoms with E-state index in [-0.39, 0.29) is 41.7 Å². The van der Waals surface area contributed by atoms with Crippen molar-refractivity contribution in [2.24, 2.45) is 17.8 Å². The summed E-state index contributed by atoms with van der Waals surface area (Å²) in [5.41, 5.74) is 7.62. The summed E-state index contributed by atoms with van der Waals surface area (Å²) in [5, 5.41) is 4.76. The minimum Gasteiger partial charge on any atom is -0.488 e. The van der Waals surface area contributed by atoms with Gasteiger partial charge < -0.3 is 39.3 Å². The molecule has 1 radical (unpaired) electrons. The number of amides is 3. The van der Waals surface area contributed by atoms with Crippen LogP contribution >= 0.6 is 0 Å². The molecule has 3 aliphatic heterocycles. The van der Waals surface area contributed by atoms with E-state index in [2.05, 4.69) is 58.6 Å². The van der Waals surface area contributed by atoms with E-state index in [1.165, 1.54) is 7.11 Å². The summed E-state index contributed by atoms with van der Waals surface area (Å²) in [7, 11) is 3.00. The third-order valence-electron chi connectivity index (χ3n) is 12.3. The van der Waals surface area contributed by atoms with E-state index in [1.54, 1.807) is 13.5 Å². The maximum absolute atomic E-state index is 13.9. The van der Waals surface area contributed by atoms with Crippen molar-refractivity contribution in [1.82, 2.24) is 35.1 Å². The van der Waals surface area contributed by atoms with E-state index in [4.69, 9.17) is 24.2 Å². The number of fused-ring (bicyclic) bond motifs is 6. The average molecular weight is 809 g/mol. The van der Waals surface area contributed by atoms with E-state index in [0.717, 1.165) is 85.6 Å². The fourth-order valence-corrected chi connectivity index (χ4v) is 9.27. The van der Waals surface area contributed by atoms with Crippen molar-refractivity contribution in [2.75, 3.05) is 33.9 Å². The Labute approximate surface area is 348 Å². The number of rotatable bonds is 10. The first kappa shape index (κ1) is 39.3. The highest BCUT2D eigenvalue weighted by molar-refractivity contribution is 6.07. The highest BCUT2D eigenvalue weighted by Gasteiger charge is 2.41. The fraction of sp³-hybridized carbons (Fsp3) is 0.362. The molecule has 2 fully saturated rings. The van der Waals surface area contributed by atoms with Crippen LogP contribution in [0.2, 0.25) is 0 Å². The zero-order chi connectivity index (χ0) is 41.7. The molecule has 2 aromatic heterocycles. The van der Waals surface area contributed by atoms with Gasteiger partial charge in [0, 0.05) is 37.1 Å². The molecule has 3 amide bonds. The van der Waals surface area contributed by atoms with E-state index >= 15 is 0 Å². The Hall–Kier alpha value is -6.21. The van der Waals surface area contributed by atoms with Gasteiger partial charge in [-0.2, -0.15) is 0 Å². The lowest BCUT2D eigenvalue weighted by Gasteiger charge is -2.30. The Morgan fingerprint density at radius 2 is 1.75 bits per heavy atom. The van der Waals surface area contributed by atoms with Crippen molar-refractivity contribution >= 4 is 39.7 Å². The minimum absolute atomic E-state index is 0.0400. The standard InChI is InChI=1S/C47H50N7O6/c1-26(2)42(52-47(57)59-5)46(56)54-22-27(3)15-38(54)45-49-36-14-12-30-19-35-33-13-11-31(18-32(33)25-60-40(35)20-34(30)43(36)51-45)37-21-48-44(50-37)39-16-29(24-58-4)23-53(39)41(55)17-28-9-7-6-8-10-28/h6-14,17-21,26-27,29,38-39,42H,15-16,22-25H2,1-5H3,(H,48,50)(H,49,51)(H,52,57)/t27-,29-,38-,39-,42-/m0/s1. The van der Waals surface area contributed by atoms with Crippen LogP contribution < -0.4 is 10.1 Å². The lowest BCUT2D eigenvalue weighted by Crippen LogP contribution is -2.51. The molecule has 0 unspecified atom stereocenters. The number of hydrogen-bond acceptors (Lipinski definition) is 8. The largest absolute Gasteiger partial charge is 0.488 e. The third-order valence-corrected chi connectivity index (χ3v) is 12.3. The topological polar surface area (TPSA) is 155 Å². The molecular formula is C47H50N7O6. The van der Waals surface area contributed by atoms with E-state index in [9.17, 15) is 14.4 Å². The molecule has 13 heteroatoms. The van der Waals surface area contributed by atoms with E-state index in [0.29, 0.717) is 26.3 Å². The molecule has 6 aromatic rings. The van der Waals surface area contributed by atoms with Gasteiger partial charge in [0.25, 0.3) is 0 Å². The summed E-state index contributed by atoms with van der Waals surface area (Å²) in [6.45, 7) is 8.11. The molecular weight excluding hydrogens is 759 g/mol. The number of nitrogens with zero attached hydrogens (tertiary/aromatic N) is 4. The second-order valence-corrected chi connectivity index (χ2v) is 16.8. The van der Waals surface area contributed by atoms with Crippen LogP contribution in [0.4, 0.5) is 4.79 Å². The molecule has 9 rings (SSSR count). The number of alkyl carbamates (subject to hydrolysis) is 1. The lowest BCUT2D eigenvalue weighted by molar-refractivity contribution is -0.135. The smallest absolute Gasteiger partial charge is 0.407 e. The first-order chi connectivity index (χ1) is 29.1. The van der Waals surface area contributed by atoms with Crippen LogP contribution in [-0.2, 0) is 25.7 Å². The Balaban J connectivity index is 0.969. The monoisotopic (exact) mass is 808 g/mol. The van der Waals surface area contributed by atoms with Crippen LogP contribution in [0.3, 0.4) is 0 Å². The van der Waals surface area contributed by atoms with Crippen LogP contribution in [0, 0.1) is 24.2 Å². The molecule has 13 nitrogen and oxygen atoms in total. The summed E-state index contributed by atoms with van der Waals surface area (Å²) < 4.78 is 16.8. The number of carbonyl (C=O) groups is 3. The van der Waals surface area contributed by atoms with Gasteiger partial charge in [0.15, 0.2) is 0 Å². The van der Waals surface area contributed by atoms with Crippen LogP contribution in [0.25, 0.3) is 44.2 Å². The summed E-state index contributed by atoms with van der Waals surface area (Å²) in [5.74, 6) is 2.44. The summed E-state index contributed by atoms with van der Waals surface area (Å²) >= 11 is 0. The Kier molecular flexibility index (Phi) is 10.5. The van der Waals surface area contributed by atoms with Gasteiger partial charge in [-0.15, -0.1) is 0 Å². The zero-order valence-electron chi connectivity index (χ0n) is 34.5. The van der Waals surface area contributed by atoms with E-state index < -0.39 is 12.1 Å². The number of imidazole rings is 2. The molecule has 5 heterocycles. The molecule has 5 atom stereocenters. The van der Waals surface area contributed by atoms with Gasteiger partial charge in [-0.25, -0.2) is 14.8 Å². The fourth-order valence-electron chi connectivity index (χ4n) is 9.27. The highest BCUT2D eigenvalue weighted by Crippen LogP contribution is 2.44. The predicted octanol–water partition coefficient (Wildman–Crippen LogP) is 7.74. The normalized spacial score (nSPS) is 20.3. The van der Waals surface area contributed by atoms with Crippen LogP contribution in [0.15, 0.2) is 79.0 Å². The van der Waals surface area contributed by atoms with Crippen molar-refractivity contribution in [3.05, 3.63) is 108 Å². The molecule has 3 aliphatic rings. The average Bonchev–Trinajstić information content (AvgIpc) is 4.08. The van der Waals surface area contributed by atoms with Gasteiger partial charge in [0.05, 0.1) is 55.1 Å². The molecule has 0 bridgehead atoms. The molecule has 0 spiro atoms. The number of nitrogens with one attached hydrogen (secondary N) is 3. The van der Waals surface area contributed by atoms with Crippen molar-refractivity contribution in [3.8, 4) is 28.1 Å². The van der Waals surface area contributed by atoms with Crippen molar-refractivity contribution < 1.29 is 28.6 Å². The first-order valence-corrected chi connectivity index (χ1v) is 20.7. The number of carbonyl (C=O) groups excluding carboxylic acids is 3. The maximum Gasteiger partial charge on any atom is 0.407 e. The number of H-pyrrole nitrogens is 2. The Morgan fingerprint density at radius 3 is 2.53 bits per heavy atom. The highest BCUT2D eigenvalue weighted by atomic mass is 16.5. The van der Waals surface area contributed by atoms with Crippen LogP contribution in [-0.4, -0.2) is 87.6 Å². The van der Waals surface area contributed by atoms with Gasteiger partial charge in [0.2, 0.25) is 11.8 Å². The number of methoxy groups -OCH3 is 2. The van der Waals surface area contributed by atoms with Gasteiger partial charge >= 0.3 is 6.09 Å². The number of benzene rings is 4. The molecule has 4 aromatic carbocycles. The van der Waals surface area contributed by atoms with Crippen molar-refractivity contribution in [1.29, 1.82) is 0 Å². The maximum atomic E-state index is 13.9. The molecule has 60 heavy (non-hydrogen) atoms. The second kappa shape index (κ2) is 16.1. The predicted molar refractivity (Wildman–Crippen MR) is 228 cm³/mol. The van der Waals surface area contributed by atoms with Gasteiger partial charge in [-0.05, 0) is 76.6 Å². The minimum atomic E-state index is -0.714. The SMILES string of the molecule is COC[C@H]1C[C@@H](c2ncc(-c3ccc4c(c3)COc3cc5c(ccc6nc([C@@H]7C[C@H](C)CN7C(=O)[C@@H](NC(=O)OC)C(C)C)[nH]c65)cc3-4)[nH]2)N(C(=O)[CH]c2ccccc2)C1. The van der Waals surface area contributed by atoms with Gasteiger partial charge in [-0.1, -0.05) is 69.3 Å². The van der Waals surface area contributed by atoms with Crippen LogP contribution in [0.5, 0.6) is 5.75 Å². The number of ether oxygens (including phenoxy) is 3. The third kappa shape index (κ3) is 7.35. The molecule has 309 valence electrons. The van der Waals surface area contributed by atoms with Gasteiger partial charge in [0.1, 0.15) is 30.0 Å².